The van der Waals surface area contributed by atoms with Crippen molar-refractivity contribution in [3.05, 3.63) is 23.0 Å². The van der Waals surface area contributed by atoms with Gasteiger partial charge in [0.1, 0.15) is 5.82 Å². The molecule has 0 aliphatic heterocycles. The molecule has 1 unspecified atom stereocenters. The number of anilines is 1. The molecule has 0 bridgehead atoms. The molecule has 0 saturated carbocycles. The van der Waals surface area contributed by atoms with Crippen LogP contribution in [0.4, 0.5) is 10.1 Å². The van der Waals surface area contributed by atoms with Gasteiger partial charge in [0.05, 0.1) is 15.6 Å². The van der Waals surface area contributed by atoms with Gasteiger partial charge >= 0.3 is 0 Å². The van der Waals surface area contributed by atoms with Crippen LogP contribution in [0, 0.1) is 5.82 Å². The second-order valence-corrected chi connectivity index (χ2v) is 5.28. The quantitative estimate of drug-likeness (QED) is 0.452. The number of nitrogens with one attached hydrogen (secondary N) is 1. The Kier molecular flexibility index (Phi) is 7.39. The molecule has 0 aromatic heterocycles. The molecule has 1 rings (SSSR count). The van der Waals surface area contributed by atoms with Gasteiger partial charge in [-0.05, 0) is 36.1 Å². The van der Waals surface area contributed by atoms with Crippen LogP contribution in [0.1, 0.15) is 12.8 Å². The van der Waals surface area contributed by atoms with E-state index in [1.165, 1.54) is 0 Å². The maximum Gasteiger partial charge on any atom is 0.156 e. The lowest BCUT2D eigenvalue weighted by atomic mass is 10.2. The van der Waals surface area contributed by atoms with Crippen LogP contribution < -0.4 is 5.32 Å². The fourth-order valence-electron chi connectivity index (χ4n) is 1.62. The highest BCUT2D eigenvalue weighted by Crippen LogP contribution is 2.27. The normalized spacial score (nSPS) is 12.7. The lowest BCUT2D eigenvalue weighted by Gasteiger charge is -2.15. The van der Waals surface area contributed by atoms with Crippen molar-refractivity contribution >= 4 is 28.4 Å². The first-order valence-electron chi connectivity index (χ1n) is 5.87. The molecule has 0 aliphatic rings. The molecule has 0 aliphatic carbocycles. The highest BCUT2D eigenvalue weighted by Gasteiger charge is 2.09. The summed E-state index contributed by atoms with van der Waals surface area (Å²) in [6.07, 6.45) is 1.11. The minimum absolute atomic E-state index is 0.153. The van der Waals surface area contributed by atoms with E-state index in [0.717, 1.165) is 18.6 Å². The Bertz CT molecular complexity index is 471. The van der Waals surface area contributed by atoms with Gasteiger partial charge in [0.15, 0.2) is 6.29 Å². The molecular formula is C12H16ClFNO4S-. The van der Waals surface area contributed by atoms with Crippen LogP contribution in [0.3, 0.4) is 0 Å². The highest BCUT2D eigenvalue weighted by atomic mass is 35.5. The number of methoxy groups -OCH3 is 2. The summed E-state index contributed by atoms with van der Waals surface area (Å²) in [5.41, 5.74) is 0.352. The van der Waals surface area contributed by atoms with E-state index < -0.39 is 21.8 Å². The minimum atomic E-state index is -2.65. The van der Waals surface area contributed by atoms with Gasteiger partial charge in [0, 0.05) is 20.8 Å². The van der Waals surface area contributed by atoms with Crippen LogP contribution in [0.15, 0.2) is 17.0 Å². The summed E-state index contributed by atoms with van der Waals surface area (Å²) in [4.78, 5) is -0.445. The molecule has 5 nitrogen and oxygen atoms in total. The zero-order chi connectivity index (χ0) is 15.1. The van der Waals surface area contributed by atoms with E-state index in [-0.39, 0.29) is 11.3 Å². The summed E-state index contributed by atoms with van der Waals surface area (Å²) in [5.74, 6) is -0.836. The van der Waals surface area contributed by atoms with Crippen molar-refractivity contribution < 1.29 is 22.6 Å². The van der Waals surface area contributed by atoms with E-state index in [2.05, 4.69) is 5.32 Å². The van der Waals surface area contributed by atoms with Gasteiger partial charge in [-0.1, -0.05) is 11.6 Å². The lowest BCUT2D eigenvalue weighted by Crippen LogP contribution is -2.14. The van der Waals surface area contributed by atoms with Crippen molar-refractivity contribution in [1.82, 2.24) is 0 Å². The number of rotatable bonds is 8. The van der Waals surface area contributed by atoms with Crippen LogP contribution >= 0.6 is 11.6 Å². The molecule has 1 aromatic carbocycles. The fourth-order valence-corrected chi connectivity index (χ4v) is 2.34. The summed E-state index contributed by atoms with van der Waals surface area (Å²) in [6.45, 7) is 0.530. The second-order valence-electron chi connectivity index (χ2n) is 3.97. The monoisotopic (exact) mass is 324 g/mol. The van der Waals surface area contributed by atoms with E-state index in [1.807, 2.05) is 0 Å². The largest absolute Gasteiger partial charge is 0.768 e. The Morgan fingerprint density at radius 1 is 1.45 bits per heavy atom. The molecule has 0 spiro atoms. The molecule has 8 heteroatoms. The molecule has 0 amide bonds. The number of ether oxygens (including phenoxy) is 2. The topological polar surface area (TPSA) is 70.6 Å². The second kappa shape index (κ2) is 8.53. The zero-order valence-electron chi connectivity index (χ0n) is 11.2. The Morgan fingerprint density at radius 3 is 2.65 bits per heavy atom. The van der Waals surface area contributed by atoms with E-state index in [9.17, 15) is 13.2 Å². The third-order valence-electron chi connectivity index (χ3n) is 2.66. The zero-order valence-corrected chi connectivity index (χ0v) is 12.7. The number of benzene rings is 1. The molecule has 0 fully saturated rings. The summed E-state index contributed by atoms with van der Waals surface area (Å²) in [7, 11) is 3.10. The van der Waals surface area contributed by atoms with Crippen LogP contribution in [0.5, 0.6) is 0 Å². The average molecular weight is 325 g/mol. The van der Waals surface area contributed by atoms with Crippen molar-refractivity contribution in [2.75, 3.05) is 26.1 Å². The highest BCUT2D eigenvalue weighted by molar-refractivity contribution is 7.79. The van der Waals surface area contributed by atoms with Gasteiger partial charge in [-0.25, -0.2) is 4.39 Å². The predicted octanol–water partition coefficient (Wildman–Crippen LogP) is 2.53. The van der Waals surface area contributed by atoms with Crippen molar-refractivity contribution in [3.8, 4) is 0 Å². The van der Waals surface area contributed by atoms with E-state index in [0.29, 0.717) is 18.7 Å². The third-order valence-corrected chi connectivity index (χ3v) is 3.64. The maximum atomic E-state index is 13.5. The Morgan fingerprint density at radius 2 is 2.10 bits per heavy atom. The van der Waals surface area contributed by atoms with Gasteiger partial charge in [0.25, 0.3) is 0 Å². The van der Waals surface area contributed by atoms with Crippen LogP contribution in [-0.2, 0) is 20.6 Å². The van der Waals surface area contributed by atoms with Crippen molar-refractivity contribution in [2.45, 2.75) is 24.0 Å². The standard InChI is InChI=1S/C12H17ClFNO4S/c1-18-12(19-2)4-3-5-15-10-7-9(14)11(20(16)17)6-8(10)13/h6-7,12,15H,3-5H2,1-2H3,(H,16,17)/p-1. The first kappa shape index (κ1) is 17.3. The third kappa shape index (κ3) is 4.99. The Balaban J connectivity index is 2.57. The molecule has 1 N–H and O–H groups in total. The average Bonchev–Trinajstić information content (AvgIpc) is 2.41. The fraction of sp³-hybridized carbons (Fsp3) is 0.500. The smallest absolute Gasteiger partial charge is 0.156 e. The SMILES string of the molecule is COC(CCCNc1cc(F)c(S(=O)[O-])cc1Cl)OC. The number of halogens is 2. The first-order chi connectivity index (χ1) is 9.49. The summed E-state index contributed by atoms with van der Waals surface area (Å²) in [6, 6.07) is 2.15. The summed E-state index contributed by atoms with van der Waals surface area (Å²) < 4.78 is 45.0. The summed E-state index contributed by atoms with van der Waals surface area (Å²) in [5, 5.41) is 3.09. The first-order valence-corrected chi connectivity index (χ1v) is 7.32. The van der Waals surface area contributed by atoms with Gasteiger partial charge in [0.2, 0.25) is 0 Å². The number of hydrogen-bond donors (Lipinski definition) is 1. The molecule has 0 heterocycles. The van der Waals surface area contributed by atoms with Gasteiger partial charge < -0.3 is 19.3 Å². The van der Waals surface area contributed by atoms with Crippen LogP contribution in [-0.4, -0.2) is 35.8 Å². The van der Waals surface area contributed by atoms with Crippen molar-refractivity contribution in [2.24, 2.45) is 0 Å². The maximum absolute atomic E-state index is 13.5. The predicted molar refractivity (Wildman–Crippen MR) is 74.1 cm³/mol. The van der Waals surface area contributed by atoms with Gasteiger partial charge in [-0.15, -0.1) is 0 Å². The Hall–Kier alpha value is -0.730. The number of hydrogen-bond acceptors (Lipinski definition) is 5. The van der Waals surface area contributed by atoms with E-state index in [4.69, 9.17) is 21.1 Å². The molecule has 1 atom stereocenters. The molecule has 114 valence electrons. The molecule has 20 heavy (non-hydrogen) atoms. The van der Waals surface area contributed by atoms with E-state index in [1.54, 1.807) is 14.2 Å². The Labute approximate surface area is 124 Å². The van der Waals surface area contributed by atoms with Crippen LogP contribution in [0.25, 0.3) is 0 Å². The summed E-state index contributed by atoms with van der Waals surface area (Å²) >= 11 is 3.24. The van der Waals surface area contributed by atoms with Crippen molar-refractivity contribution in [1.29, 1.82) is 0 Å². The molecule has 1 aromatic rings. The van der Waals surface area contributed by atoms with Gasteiger partial charge in [-0.2, -0.15) is 0 Å². The van der Waals surface area contributed by atoms with E-state index >= 15 is 0 Å². The molecule has 0 saturated heterocycles. The minimum Gasteiger partial charge on any atom is -0.768 e. The molecular weight excluding hydrogens is 309 g/mol. The molecule has 0 radical (unpaired) electrons. The van der Waals surface area contributed by atoms with Crippen LogP contribution in [0.2, 0.25) is 5.02 Å². The van der Waals surface area contributed by atoms with Gasteiger partial charge in [-0.3, -0.25) is 4.21 Å². The lowest BCUT2D eigenvalue weighted by molar-refractivity contribution is -0.106. The van der Waals surface area contributed by atoms with Crippen molar-refractivity contribution in [3.63, 3.8) is 0 Å².